The summed E-state index contributed by atoms with van der Waals surface area (Å²) in [7, 11) is 0. The molecule has 1 unspecified atom stereocenters. The van der Waals surface area contributed by atoms with Crippen LogP contribution < -0.4 is 5.73 Å². The molecule has 0 aromatic carbocycles. The van der Waals surface area contributed by atoms with Gasteiger partial charge in [0, 0.05) is 5.92 Å². The summed E-state index contributed by atoms with van der Waals surface area (Å²) in [6.07, 6.45) is 9.10. The molecule has 1 aliphatic carbocycles. The highest BCUT2D eigenvalue weighted by Gasteiger charge is 2.24. The predicted octanol–water partition coefficient (Wildman–Crippen LogP) is 2.48. The highest BCUT2D eigenvalue weighted by Crippen LogP contribution is 2.30. The van der Waals surface area contributed by atoms with Crippen LogP contribution in [0.5, 0.6) is 0 Å². The fraction of sp³-hybridized carbons (Fsp3) is 0.733. The first-order chi connectivity index (χ1) is 10.6. The summed E-state index contributed by atoms with van der Waals surface area (Å²) in [5.74, 6) is -1.30. The summed E-state index contributed by atoms with van der Waals surface area (Å²) >= 11 is 0. The Balaban J connectivity index is 1.90. The van der Waals surface area contributed by atoms with Crippen LogP contribution >= 0.6 is 0 Å². The lowest BCUT2D eigenvalue weighted by Gasteiger charge is -2.21. The van der Waals surface area contributed by atoms with Gasteiger partial charge in [0.1, 0.15) is 0 Å². The van der Waals surface area contributed by atoms with Crippen LogP contribution in [0.1, 0.15) is 80.2 Å². The van der Waals surface area contributed by atoms with Gasteiger partial charge in [-0.25, -0.2) is 0 Å². The molecule has 1 heterocycles. The molecule has 1 aliphatic rings. The zero-order valence-corrected chi connectivity index (χ0v) is 12.7. The molecule has 3 N–H and O–H groups in total. The van der Waals surface area contributed by atoms with Crippen molar-refractivity contribution in [3.05, 3.63) is 11.7 Å². The van der Waals surface area contributed by atoms with E-state index in [1.54, 1.807) is 0 Å². The van der Waals surface area contributed by atoms with E-state index in [2.05, 4.69) is 10.1 Å². The van der Waals surface area contributed by atoms with Crippen LogP contribution in [0.3, 0.4) is 0 Å². The van der Waals surface area contributed by atoms with Crippen molar-refractivity contribution in [3.8, 4) is 0 Å². The number of carbonyl (C=O) groups is 2. The van der Waals surface area contributed by atoms with Gasteiger partial charge in [0.25, 0.3) is 11.7 Å². The minimum absolute atomic E-state index is 0.0783. The van der Waals surface area contributed by atoms with E-state index in [4.69, 9.17) is 15.4 Å². The van der Waals surface area contributed by atoms with Crippen LogP contribution in [-0.2, 0) is 4.79 Å². The number of amides is 1. The highest BCUT2D eigenvalue weighted by atomic mass is 16.5. The Morgan fingerprint density at radius 3 is 2.64 bits per heavy atom. The van der Waals surface area contributed by atoms with Crippen LogP contribution in [0.2, 0.25) is 0 Å². The number of hydrogen-bond donors (Lipinski definition) is 2. The Morgan fingerprint density at radius 2 is 2.05 bits per heavy atom. The Hall–Kier alpha value is -1.92. The number of carboxylic acid groups (broad SMARTS) is 1. The first-order valence-corrected chi connectivity index (χ1v) is 7.91. The van der Waals surface area contributed by atoms with Crippen LogP contribution in [0.4, 0.5) is 0 Å². The molecule has 1 fully saturated rings. The van der Waals surface area contributed by atoms with Crippen molar-refractivity contribution in [2.45, 2.75) is 63.7 Å². The maximum atomic E-state index is 11.0. The molecule has 22 heavy (non-hydrogen) atoms. The summed E-state index contributed by atoms with van der Waals surface area (Å²) in [4.78, 5) is 25.9. The van der Waals surface area contributed by atoms with Gasteiger partial charge in [-0.1, -0.05) is 50.1 Å². The van der Waals surface area contributed by atoms with Gasteiger partial charge in [0.15, 0.2) is 0 Å². The smallest absolute Gasteiger partial charge is 0.304 e. The summed E-state index contributed by atoms with van der Waals surface area (Å²) in [5.41, 5.74) is 5.09. The maximum absolute atomic E-state index is 11.0. The van der Waals surface area contributed by atoms with Crippen molar-refractivity contribution in [2.75, 3.05) is 0 Å². The van der Waals surface area contributed by atoms with Gasteiger partial charge in [-0.15, -0.1) is 0 Å². The normalized spacial score (nSPS) is 17.3. The molecule has 1 amide bonds. The molecule has 0 bridgehead atoms. The summed E-state index contributed by atoms with van der Waals surface area (Å²) in [6.45, 7) is 0. The fourth-order valence-electron chi connectivity index (χ4n) is 3.15. The first-order valence-electron chi connectivity index (χ1n) is 7.91. The first kappa shape index (κ1) is 16.5. The number of primary amides is 1. The molecule has 0 saturated heterocycles. The van der Waals surface area contributed by atoms with Gasteiger partial charge < -0.3 is 15.4 Å². The third kappa shape index (κ3) is 4.82. The monoisotopic (exact) mass is 309 g/mol. The van der Waals surface area contributed by atoms with Crippen LogP contribution in [0.15, 0.2) is 4.52 Å². The van der Waals surface area contributed by atoms with Crippen LogP contribution in [0.25, 0.3) is 0 Å². The largest absolute Gasteiger partial charge is 0.481 e. The lowest BCUT2D eigenvalue weighted by molar-refractivity contribution is -0.137. The number of nitrogens with zero attached hydrogens (tertiary/aromatic N) is 2. The highest BCUT2D eigenvalue weighted by molar-refractivity contribution is 5.88. The molecule has 0 radical (unpaired) electrons. The Kier molecular flexibility index (Phi) is 5.91. The summed E-state index contributed by atoms with van der Waals surface area (Å²) < 4.78 is 5.01. The fourth-order valence-corrected chi connectivity index (χ4v) is 3.15. The molecule has 7 nitrogen and oxygen atoms in total. The van der Waals surface area contributed by atoms with Gasteiger partial charge in [-0.2, -0.15) is 4.98 Å². The molecule has 122 valence electrons. The Labute approximate surface area is 129 Å². The second kappa shape index (κ2) is 7.91. The van der Waals surface area contributed by atoms with E-state index in [0.29, 0.717) is 6.42 Å². The van der Waals surface area contributed by atoms with E-state index in [-0.39, 0.29) is 24.1 Å². The number of carboxylic acids is 1. The topological polar surface area (TPSA) is 119 Å². The van der Waals surface area contributed by atoms with Crippen LogP contribution in [0, 0.1) is 5.92 Å². The Bertz CT molecular complexity index is 509. The van der Waals surface area contributed by atoms with E-state index in [9.17, 15) is 9.59 Å². The second-order valence-corrected chi connectivity index (χ2v) is 6.05. The average molecular weight is 309 g/mol. The summed E-state index contributed by atoms with van der Waals surface area (Å²) in [6, 6.07) is 0. The average Bonchev–Trinajstić information content (AvgIpc) is 2.97. The van der Waals surface area contributed by atoms with Gasteiger partial charge in [-0.3, -0.25) is 9.59 Å². The molecular weight excluding hydrogens is 286 g/mol. The van der Waals surface area contributed by atoms with Crippen molar-refractivity contribution in [1.29, 1.82) is 0 Å². The van der Waals surface area contributed by atoms with Crippen molar-refractivity contribution >= 4 is 11.9 Å². The third-order valence-corrected chi connectivity index (χ3v) is 4.32. The number of carbonyl (C=O) groups excluding carboxylic acids is 1. The molecule has 0 spiro atoms. The number of nitrogens with two attached hydrogens (primary N) is 1. The molecule has 0 aliphatic heterocycles. The lowest BCUT2D eigenvalue weighted by atomic mass is 9.84. The van der Waals surface area contributed by atoms with Crippen molar-refractivity contribution in [1.82, 2.24) is 10.1 Å². The zero-order valence-electron chi connectivity index (χ0n) is 12.7. The van der Waals surface area contributed by atoms with Gasteiger partial charge in [-0.05, 0) is 12.3 Å². The zero-order chi connectivity index (χ0) is 15.9. The van der Waals surface area contributed by atoms with E-state index < -0.39 is 11.9 Å². The predicted molar refractivity (Wildman–Crippen MR) is 78.2 cm³/mol. The third-order valence-electron chi connectivity index (χ3n) is 4.32. The molecule has 1 atom stereocenters. The summed E-state index contributed by atoms with van der Waals surface area (Å²) in [5, 5.41) is 12.5. The molecule has 7 heteroatoms. The number of hydrogen-bond acceptors (Lipinski definition) is 5. The minimum Gasteiger partial charge on any atom is -0.481 e. The van der Waals surface area contributed by atoms with Crippen molar-refractivity contribution in [2.24, 2.45) is 11.7 Å². The quantitative estimate of drug-likeness (QED) is 0.761. The number of aliphatic carboxylic acids is 1. The molecule has 1 aromatic rings. The molecule has 1 saturated carbocycles. The van der Waals surface area contributed by atoms with E-state index in [0.717, 1.165) is 18.8 Å². The standard InChI is InChI=1S/C15H23N3O4/c16-13(21)14-17-15(22-18-14)11(9-12(19)20)8-4-7-10-5-2-1-3-6-10/h10-11H,1-9H2,(H2,16,21)(H,19,20). The van der Waals surface area contributed by atoms with Gasteiger partial charge >= 0.3 is 5.97 Å². The number of aromatic nitrogens is 2. The van der Waals surface area contributed by atoms with Crippen LogP contribution in [-0.4, -0.2) is 27.1 Å². The molecule has 1 aromatic heterocycles. The Morgan fingerprint density at radius 1 is 1.32 bits per heavy atom. The van der Waals surface area contributed by atoms with Gasteiger partial charge in [0.05, 0.1) is 6.42 Å². The van der Waals surface area contributed by atoms with E-state index in [1.165, 1.54) is 32.1 Å². The van der Waals surface area contributed by atoms with E-state index in [1.807, 2.05) is 0 Å². The molecule has 2 rings (SSSR count). The van der Waals surface area contributed by atoms with E-state index >= 15 is 0 Å². The number of rotatable bonds is 8. The SMILES string of the molecule is NC(=O)c1noc(C(CCCC2CCCCC2)CC(=O)O)n1. The van der Waals surface area contributed by atoms with Gasteiger partial charge in [0.2, 0.25) is 5.89 Å². The second-order valence-electron chi connectivity index (χ2n) is 6.05. The minimum atomic E-state index is -0.915. The molecular formula is C15H23N3O4. The van der Waals surface area contributed by atoms with Crippen molar-refractivity contribution in [3.63, 3.8) is 0 Å². The maximum Gasteiger partial charge on any atom is 0.304 e. The van der Waals surface area contributed by atoms with Crippen molar-refractivity contribution < 1.29 is 19.2 Å². The lowest BCUT2D eigenvalue weighted by Crippen LogP contribution is -2.13.